The lowest BCUT2D eigenvalue weighted by Crippen LogP contribution is -2.47. The van der Waals surface area contributed by atoms with Gasteiger partial charge in [-0.15, -0.1) is 0 Å². The summed E-state index contributed by atoms with van der Waals surface area (Å²) in [5.74, 6) is 1.92. The Kier molecular flexibility index (Phi) is 7.49. The lowest BCUT2D eigenvalue weighted by molar-refractivity contribution is -0.122. The first-order valence-electron chi connectivity index (χ1n) is 13.0. The molecule has 0 spiro atoms. The van der Waals surface area contributed by atoms with Crippen LogP contribution in [0.25, 0.3) is 11.7 Å². The fourth-order valence-corrected chi connectivity index (χ4v) is 6.33. The number of aryl methyl sites for hydroxylation is 1. The van der Waals surface area contributed by atoms with E-state index in [0.717, 1.165) is 42.3 Å². The molecular formula is C28H29N5O5S2. The molecule has 6 rings (SSSR count). The Bertz CT molecular complexity index is 1580. The summed E-state index contributed by atoms with van der Waals surface area (Å²) in [5, 5.41) is 0. The Labute approximate surface area is 241 Å². The Morgan fingerprint density at radius 3 is 2.70 bits per heavy atom. The van der Waals surface area contributed by atoms with Crippen LogP contribution in [0, 0.1) is 6.92 Å². The van der Waals surface area contributed by atoms with E-state index >= 15 is 0 Å². The van der Waals surface area contributed by atoms with Gasteiger partial charge in [0.25, 0.3) is 11.5 Å². The summed E-state index contributed by atoms with van der Waals surface area (Å²) in [6.07, 6.45) is 3.43. The van der Waals surface area contributed by atoms with Gasteiger partial charge in [0, 0.05) is 46.0 Å². The summed E-state index contributed by atoms with van der Waals surface area (Å²) in [7, 11) is 1.58. The number of ether oxygens (including phenoxy) is 3. The minimum Gasteiger partial charge on any atom is -0.454 e. The van der Waals surface area contributed by atoms with Gasteiger partial charge in [0.2, 0.25) is 6.79 Å². The van der Waals surface area contributed by atoms with Crippen molar-refractivity contribution >= 4 is 51.7 Å². The van der Waals surface area contributed by atoms with Crippen LogP contribution in [0.1, 0.15) is 16.7 Å². The highest BCUT2D eigenvalue weighted by Crippen LogP contribution is 2.34. The third-order valence-corrected chi connectivity index (χ3v) is 8.55. The van der Waals surface area contributed by atoms with Gasteiger partial charge in [-0.25, -0.2) is 4.98 Å². The lowest BCUT2D eigenvalue weighted by Gasteiger charge is -2.36. The highest BCUT2D eigenvalue weighted by atomic mass is 32.2. The molecule has 40 heavy (non-hydrogen) atoms. The predicted molar refractivity (Wildman–Crippen MR) is 158 cm³/mol. The van der Waals surface area contributed by atoms with Gasteiger partial charge in [-0.1, -0.05) is 36.1 Å². The summed E-state index contributed by atoms with van der Waals surface area (Å²) in [5.41, 5.74) is 2.84. The normalized spacial score (nSPS) is 18.5. The van der Waals surface area contributed by atoms with Crippen LogP contribution < -0.4 is 19.9 Å². The highest BCUT2D eigenvalue weighted by molar-refractivity contribution is 8.26. The van der Waals surface area contributed by atoms with E-state index in [1.165, 1.54) is 16.7 Å². The molecule has 2 fully saturated rings. The van der Waals surface area contributed by atoms with Crippen LogP contribution in [0.5, 0.6) is 11.5 Å². The van der Waals surface area contributed by atoms with Gasteiger partial charge in [-0.05, 0) is 42.3 Å². The molecule has 0 aliphatic carbocycles. The van der Waals surface area contributed by atoms with Gasteiger partial charge >= 0.3 is 0 Å². The Hall–Kier alpha value is -3.45. The molecule has 0 N–H and O–H groups in total. The Morgan fingerprint density at radius 2 is 1.90 bits per heavy atom. The number of carbonyl (C=O) groups excluding carboxylic acids is 1. The number of hydrogen-bond acceptors (Lipinski definition) is 10. The number of thiocarbonyl (C=S) groups is 1. The van der Waals surface area contributed by atoms with Crippen molar-refractivity contribution in [2.75, 3.05) is 58.1 Å². The van der Waals surface area contributed by atoms with E-state index in [1.54, 1.807) is 23.8 Å². The number of thioether (sulfide) groups is 1. The minimum absolute atomic E-state index is 0.214. The maximum absolute atomic E-state index is 13.8. The molecule has 1 aromatic carbocycles. The Morgan fingerprint density at radius 1 is 1.10 bits per heavy atom. The second kappa shape index (κ2) is 11.2. The van der Waals surface area contributed by atoms with Crippen molar-refractivity contribution in [1.29, 1.82) is 0 Å². The predicted octanol–water partition coefficient (Wildman–Crippen LogP) is 2.90. The summed E-state index contributed by atoms with van der Waals surface area (Å²) in [6, 6.07) is 9.84. The SMILES string of the molecule is COCCN1C(=O)C(=Cc2c(N3CCN(Cc4ccc5c(c4)OCO5)CC3)nc3ccc(C)cn3c2=O)SC1=S. The van der Waals surface area contributed by atoms with Crippen LogP contribution in [0.15, 0.2) is 46.2 Å². The van der Waals surface area contributed by atoms with Crippen molar-refractivity contribution in [3.8, 4) is 11.5 Å². The molecule has 1 amide bonds. The summed E-state index contributed by atoms with van der Waals surface area (Å²) >= 11 is 6.65. The van der Waals surface area contributed by atoms with Crippen molar-refractivity contribution < 1.29 is 19.0 Å². The molecule has 2 saturated heterocycles. The number of hydrogen-bond donors (Lipinski definition) is 0. The van der Waals surface area contributed by atoms with Crippen molar-refractivity contribution in [3.63, 3.8) is 0 Å². The molecular weight excluding hydrogens is 550 g/mol. The largest absolute Gasteiger partial charge is 0.454 e. The molecule has 0 bridgehead atoms. The number of methoxy groups -OCH3 is 1. The van der Waals surface area contributed by atoms with Gasteiger partial charge in [0.05, 0.1) is 23.6 Å². The Balaban J connectivity index is 1.28. The number of nitrogens with zero attached hydrogens (tertiary/aromatic N) is 5. The third kappa shape index (κ3) is 5.19. The highest BCUT2D eigenvalue weighted by Gasteiger charge is 2.33. The van der Waals surface area contributed by atoms with Gasteiger partial charge in [0.15, 0.2) is 11.5 Å². The summed E-state index contributed by atoms with van der Waals surface area (Å²) < 4.78 is 18.1. The molecule has 3 aliphatic heterocycles. The van der Waals surface area contributed by atoms with E-state index < -0.39 is 0 Å². The third-order valence-electron chi connectivity index (χ3n) is 7.17. The van der Waals surface area contributed by atoms with E-state index in [4.69, 9.17) is 31.4 Å². The average molecular weight is 580 g/mol. The smallest absolute Gasteiger partial charge is 0.267 e. The lowest BCUT2D eigenvalue weighted by atomic mass is 10.1. The maximum Gasteiger partial charge on any atom is 0.267 e. The molecule has 2 aromatic heterocycles. The number of carbonyl (C=O) groups is 1. The van der Waals surface area contributed by atoms with Crippen LogP contribution in [0.4, 0.5) is 5.82 Å². The van der Waals surface area contributed by atoms with Crippen molar-refractivity contribution in [1.82, 2.24) is 19.2 Å². The van der Waals surface area contributed by atoms with Crippen LogP contribution in [0.2, 0.25) is 0 Å². The first kappa shape index (κ1) is 26.8. The molecule has 208 valence electrons. The van der Waals surface area contributed by atoms with Gasteiger partial charge < -0.3 is 19.1 Å². The van der Waals surface area contributed by atoms with E-state index in [2.05, 4.69) is 15.9 Å². The molecule has 10 nitrogen and oxygen atoms in total. The zero-order valence-corrected chi connectivity index (χ0v) is 23.9. The average Bonchev–Trinajstić information content (AvgIpc) is 3.53. The summed E-state index contributed by atoms with van der Waals surface area (Å²) in [4.78, 5) is 38.3. The van der Waals surface area contributed by atoms with Crippen LogP contribution in [-0.4, -0.2) is 82.6 Å². The summed E-state index contributed by atoms with van der Waals surface area (Å²) in [6.45, 7) is 6.68. The monoisotopic (exact) mass is 579 g/mol. The molecule has 0 atom stereocenters. The molecule has 5 heterocycles. The van der Waals surface area contributed by atoms with Gasteiger partial charge in [0.1, 0.15) is 15.8 Å². The standard InChI is InChI=1S/C28H29N5O5S2/c1-18-3-6-24-29-25(31-9-7-30(8-10-31)16-19-4-5-21-22(13-19)38-17-37-21)20(26(34)33(24)15-18)14-23-27(35)32(11-12-36-2)28(39)40-23/h3-6,13-15H,7-12,16-17H2,1-2H3. The van der Waals surface area contributed by atoms with Crippen molar-refractivity contribution in [2.24, 2.45) is 0 Å². The van der Waals surface area contributed by atoms with E-state index in [-0.39, 0.29) is 18.3 Å². The van der Waals surface area contributed by atoms with Gasteiger partial charge in [-0.3, -0.25) is 23.8 Å². The van der Waals surface area contributed by atoms with Crippen LogP contribution >= 0.6 is 24.0 Å². The number of amides is 1. The first-order chi connectivity index (χ1) is 19.4. The molecule has 3 aromatic rings. The minimum atomic E-state index is -0.222. The topological polar surface area (TPSA) is 88.8 Å². The molecule has 0 saturated carbocycles. The number of pyridine rings is 1. The molecule has 3 aliphatic rings. The maximum atomic E-state index is 13.8. The van der Waals surface area contributed by atoms with Crippen LogP contribution in [-0.2, 0) is 16.1 Å². The number of anilines is 1. The fraction of sp³-hybridized carbons (Fsp3) is 0.357. The van der Waals surface area contributed by atoms with E-state index in [0.29, 0.717) is 52.5 Å². The number of rotatable bonds is 7. The van der Waals surface area contributed by atoms with E-state index in [1.807, 2.05) is 31.2 Å². The zero-order chi connectivity index (χ0) is 27.8. The first-order valence-corrected chi connectivity index (χ1v) is 14.3. The van der Waals surface area contributed by atoms with Crippen molar-refractivity contribution in [2.45, 2.75) is 13.5 Å². The van der Waals surface area contributed by atoms with Crippen molar-refractivity contribution in [3.05, 3.63) is 68.5 Å². The van der Waals surface area contributed by atoms with Crippen LogP contribution in [0.3, 0.4) is 0 Å². The van der Waals surface area contributed by atoms with Gasteiger partial charge in [-0.2, -0.15) is 0 Å². The molecule has 0 unspecified atom stereocenters. The quantitative estimate of drug-likeness (QED) is 0.308. The second-order valence-electron chi connectivity index (χ2n) is 9.87. The number of piperazine rings is 1. The number of fused-ring (bicyclic) bond motifs is 2. The zero-order valence-electron chi connectivity index (χ0n) is 22.3. The fourth-order valence-electron chi connectivity index (χ4n) is 5.04. The number of benzene rings is 1. The molecule has 0 radical (unpaired) electrons. The van der Waals surface area contributed by atoms with E-state index in [9.17, 15) is 9.59 Å². The molecule has 12 heteroatoms. The second-order valence-corrected chi connectivity index (χ2v) is 11.5. The number of aromatic nitrogens is 2.